The van der Waals surface area contributed by atoms with Crippen molar-refractivity contribution in [2.24, 2.45) is 0 Å². The number of nitrogens with one attached hydrogen (secondary N) is 2. The van der Waals surface area contributed by atoms with Crippen molar-refractivity contribution >= 4 is 22.0 Å². The summed E-state index contributed by atoms with van der Waals surface area (Å²) in [6.45, 7) is 3.19. The normalized spacial score (nSPS) is 11.5. The van der Waals surface area contributed by atoms with Crippen molar-refractivity contribution in [2.45, 2.75) is 31.2 Å². The van der Waals surface area contributed by atoms with E-state index in [4.69, 9.17) is 4.74 Å². The lowest BCUT2D eigenvalue weighted by molar-refractivity contribution is -0.116. The van der Waals surface area contributed by atoms with Crippen LogP contribution in [0.2, 0.25) is 0 Å². The molecule has 0 fully saturated rings. The van der Waals surface area contributed by atoms with Gasteiger partial charge in [-0.2, -0.15) is 0 Å². The predicted molar refractivity (Wildman–Crippen MR) is 110 cm³/mol. The van der Waals surface area contributed by atoms with Crippen LogP contribution in [0.4, 0.5) is 0 Å². The summed E-state index contributed by atoms with van der Waals surface area (Å²) in [5, 5.41) is 2.82. The number of hydrogen-bond donors (Lipinski definition) is 2. The molecule has 2 rings (SSSR count). The Morgan fingerprint density at radius 1 is 1.14 bits per heavy atom. The molecule has 6 nitrogen and oxygen atoms in total. The third kappa shape index (κ3) is 6.83. The lowest BCUT2D eigenvalue weighted by Crippen LogP contribution is -2.20. The van der Waals surface area contributed by atoms with Gasteiger partial charge in [0.1, 0.15) is 5.75 Å². The van der Waals surface area contributed by atoms with E-state index in [-0.39, 0.29) is 10.8 Å². The number of carbonyl (C=O) groups is 1. The Morgan fingerprint density at radius 2 is 1.89 bits per heavy atom. The van der Waals surface area contributed by atoms with Crippen LogP contribution in [0.15, 0.2) is 59.5 Å². The molecule has 7 heteroatoms. The van der Waals surface area contributed by atoms with Gasteiger partial charge < -0.3 is 10.1 Å². The Morgan fingerprint density at radius 3 is 2.57 bits per heavy atom. The van der Waals surface area contributed by atoms with E-state index in [0.717, 1.165) is 29.7 Å². The monoisotopic (exact) mass is 402 g/mol. The van der Waals surface area contributed by atoms with Gasteiger partial charge in [0, 0.05) is 12.6 Å². The standard InChI is InChI=1S/C21H26N2O4S/c1-3-4-14-27-19-7-5-6-18(15-19)16-23-21(24)13-10-17-8-11-20(12-9-17)28(25,26)22-2/h5-13,15,22H,3-4,14,16H2,1-2H3,(H,23,24)/b13-10+. The number of carbonyl (C=O) groups excluding carboxylic acids is 1. The molecule has 0 aliphatic carbocycles. The average Bonchev–Trinajstić information content (AvgIpc) is 2.71. The highest BCUT2D eigenvalue weighted by Crippen LogP contribution is 2.14. The van der Waals surface area contributed by atoms with Crippen LogP contribution in [0.3, 0.4) is 0 Å². The summed E-state index contributed by atoms with van der Waals surface area (Å²) in [5.41, 5.74) is 1.69. The number of unbranched alkanes of at least 4 members (excludes halogenated alkanes) is 1. The summed E-state index contributed by atoms with van der Waals surface area (Å²) >= 11 is 0. The topological polar surface area (TPSA) is 84.5 Å². The Labute approximate surface area is 166 Å². The van der Waals surface area contributed by atoms with Crippen LogP contribution in [0, 0.1) is 0 Å². The van der Waals surface area contributed by atoms with Crippen LogP contribution in [0.5, 0.6) is 5.75 Å². The SMILES string of the molecule is CCCCOc1cccc(CNC(=O)/C=C/c2ccc(S(=O)(=O)NC)cc2)c1. The van der Waals surface area contributed by atoms with E-state index in [9.17, 15) is 13.2 Å². The average molecular weight is 403 g/mol. The van der Waals surface area contributed by atoms with Gasteiger partial charge in [0.2, 0.25) is 15.9 Å². The molecule has 0 aliphatic heterocycles. The predicted octanol–water partition coefficient (Wildman–Crippen LogP) is 3.10. The smallest absolute Gasteiger partial charge is 0.244 e. The van der Waals surface area contributed by atoms with Crippen LogP contribution in [0.25, 0.3) is 6.08 Å². The molecule has 2 aromatic carbocycles. The Kier molecular flexibility index (Phi) is 8.22. The van der Waals surface area contributed by atoms with Crippen molar-refractivity contribution < 1.29 is 17.9 Å². The lowest BCUT2D eigenvalue weighted by Gasteiger charge is -2.08. The van der Waals surface area contributed by atoms with Gasteiger partial charge in [-0.3, -0.25) is 4.79 Å². The molecular formula is C21H26N2O4S. The third-order valence-corrected chi connectivity index (χ3v) is 5.45. The Bertz CT molecular complexity index is 906. The molecule has 0 saturated heterocycles. The molecule has 1 amide bonds. The molecule has 0 aromatic heterocycles. The molecule has 150 valence electrons. The van der Waals surface area contributed by atoms with Gasteiger partial charge in [-0.15, -0.1) is 0 Å². The zero-order valence-electron chi connectivity index (χ0n) is 16.1. The molecule has 2 aromatic rings. The first-order valence-corrected chi connectivity index (χ1v) is 10.6. The van der Waals surface area contributed by atoms with Crippen LogP contribution >= 0.6 is 0 Å². The minimum absolute atomic E-state index is 0.178. The fourth-order valence-electron chi connectivity index (χ4n) is 2.38. The second kappa shape index (κ2) is 10.6. The largest absolute Gasteiger partial charge is 0.494 e. The maximum absolute atomic E-state index is 12.0. The first-order chi connectivity index (χ1) is 13.4. The fraction of sp³-hybridized carbons (Fsp3) is 0.286. The number of ether oxygens (including phenoxy) is 1. The van der Waals surface area contributed by atoms with E-state index in [1.165, 1.54) is 25.3 Å². The second-order valence-electron chi connectivity index (χ2n) is 6.18. The molecule has 28 heavy (non-hydrogen) atoms. The summed E-state index contributed by atoms with van der Waals surface area (Å²) in [4.78, 5) is 12.2. The molecule has 0 bridgehead atoms. The quantitative estimate of drug-likeness (QED) is 0.472. The molecule has 2 N–H and O–H groups in total. The molecule has 0 saturated carbocycles. The number of rotatable bonds is 10. The summed E-state index contributed by atoms with van der Waals surface area (Å²) < 4.78 is 31.3. The molecule has 0 aliphatic rings. The van der Waals surface area contributed by atoms with E-state index >= 15 is 0 Å². The van der Waals surface area contributed by atoms with E-state index < -0.39 is 10.0 Å². The Balaban J connectivity index is 1.88. The maximum Gasteiger partial charge on any atom is 0.244 e. The second-order valence-corrected chi connectivity index (χ2v) is 8.06. The summed E-state index contributed by atoms with van der Waals surface area (Å²) in [5.74, 6) is 0.566. The first-order valence-electron chi connectivity index (χ1n) is 9.16. The van der Waals surface area contributed by atoms with Crippen LogP contribution in [-0.4, -0.2) is 28.0 Å². The minimum Gasteiger partial charge on any atom is -0.494 e. The first kappa shape index (κ1) is 21.7. The molecule has 0 spiro atoms. The highest BCUT2D eigenvalue weighted by atomic mass is 32.2. The highest BCUT2D eigenvalue weighted by Gasteiger charge is 2.09. The van der Waals surface area contributed by atoms with Crippen molar-refractivity contribution in [3.05, 3.63) is 65.7 Å². The van der Waals surface area contributed by atoms with Crippen molar-refractivity contribution in [3.63, 3.8) is 0 Å². The zero-order chi connectivity index (χ0) is 20.4. The van der Waals surface area contributed by atoms with Gasteiger partial charge in [0.15, 0.2) is 0 Å². The summed E-state index contributed by atoms with van der Waals surface area (Å²) in [6, 6.07) is 13.9. The molecule has 0 radical (unpaired) electrons. The molecular weight excluding hydrogens is 376 g/mol. The fourth-order valence-corrected chi connectivity index (χ4v) is 3.11. The van der Waals surface area contributed by atoms with Gasteiger partial charge in [-0.1, -0.05) is 37.6 Å². The van der Waals surface area contributed by atoms with Crippen LogP contribution in [0.1, 0.15) is 30.9 Å². The highest BCUT2D eigenvalue weighted by molar-refractivity contribution is 7.89. The number of sulfonamides is 1. The number of hydrogen-bond acceptors (Lipinski definition) is 4. The number of amides is 1. The van der Waals surface area contributed by atoms with E-state index in [1.807, 2.05) is 24.3 Å². The van der Waals surface area contributed by atoms with E-state index in [2.05, 4.69) is 17.0 Å². The zero-order valence-corrected chi connectivity index (χ0v) is 17.0. The molecule has 0 atom stereocenters. The third-order valence-electron chi connectivity index (χ3n) is 4.02. The van der Waals surface area contributed by atoms with Gasteiger partial charge in [0.05, 0.1) is 11.5 Å². The Hall–Kier alpha value is -2.64. The summed E-state index contributed by atoms with van der Waals surface area (Å²) in [6.07, 6.45) is 5.14. The van der Waals surface area contributed by atoms with Crippen molar-refractivity contribution in [3.8, 4) is 5.75 Å². The van der Waals surface area contributed by atoms with E-state index in [1.54, 1.807) is 18.2 Å². The van der Waals surface area contributed by atoms with E-state index in [0.29, 0.717) is 13.2 Å². The van der Waals surface area contributed by atoms with Gasteiger partial charge in [-0.05, 0) is 54.9 Å². The van der Waals surface area contributed by atoms with Crippen molar-refractivity contribution in [1.29, 1.82) is 0 Å². The van der Waals surface area contributed by atoms with Crippen LogP contribution < -0.4 is 14.8 Å². The van der Waals surface area contributed by atoms with Crippen LogP contribution in [-0.2, 0) is 21.4 Å². The van der Waals surface area contributed by atoms with Gasteiger partial charge in [-0.25, -0.2) is 13.1 Å². The molecule has 0 unspecified atom stereocenters. The maximum atomic E-state index is 12.0. The van der Waals surface area contributed by atoms with Gasteiger partial charge in [0.25, 0.3) is 0 Å². The molecule has 0 heterocycles. The number of benzene rings is 2. The van der Waals surface area contributed by atoms with Crippen molar-refractivity contribution in [1.82, 2.24) is 10.0 Å². The minimum atomic E-state index is -3.46. The van der Waals surface area contributed by atoms with Crippen molar-refractivity contribution in [2.75, 3.05) is 13.7 Å². The summed E-state index contributed by atoms with van der Waals surface area (Å²) in [7, 11) is -2.10. The lowest BCUT2D eigenvalue weighted by atomic mass is 10.2. The van der Waals surface area contributed by atoms with Gasteiger partial charge >= 0.3 is 0 Å².